The van der Waals surface area contributed by atoms with E-state index in [2.05, 4.69) is 31.9 Å². The molecule has 1 aromatic carbocycles. The maximum Gasteiger partial charge on any atom is 0.173 e. The van der Waals surface area contributed by atoms with Crippen molar-refractivity contribution in [3.8, 4) is 0 Å². The number of piperazine rings is 1. The highest BCUT2D eigenvalue weighted by atomic mass is 19.1. The summed E-state index contributed by atoms with van der Waals surface area (Å²) in [6.07, 6.45) is 6.53. The Morgan fingerprint density at radius 3 is 2.59 bits per heavy atom. The van der Waals surface area contributed by atoms with Crippen molar-refractivity contribution in [2.75, 3.05) is 32.7 Å². The average Bonchev–Trinajstić information content (AvgIpc) is 3.37. The smallest absolute Gasteiger partial charge is 0.173 e. The molecule has 0 unspecified atom stereocenters. The third-order valence-corrected chi connectivity index (χ3v) is 5.79. The molecule has 144 valence electrons. The number of benzene rings is 1. The van der Waals surface area contributed by atoms with Gasteiger partial charge >= 0.3 is 0 Å². The molecule has 0 bridgehead atoms. The van der Waals surface area contributed by atoms with Gasteiger partial charge in [0.15, 0.2) is 5.82 Å². The van der Waals surface area contributed by atoms with Crippen LogP contribution >= 0.6 is 0 Å². The van der Waals surface area contributed by atoms with Crippen LogP contribution in [0.2, 0.25) is 0 Å². The second kappa shape index (κ2) is 8.27. The van der Waals surface area contributed by atoms with Crippen molar-refractivity contribution in [3.05, 3.63) is 54.1 Å². The SMILES string of the molecule is C=CCN1CCN([C@H](c2ccccc2F)c2nnnn2C2CCCC2)CC1. The van der Waals surface area contributed by atoms with Crippen LogP contribution in [0.15, 0.2) is 36.9 Å². The minimum Gasteiger partial charge on any atom is -0.297 e. The molecule has 1 saturated heterocycles. The van der Waals surface area contributed by atoms with Crippen LogP contribution in [-0.2, 0) is 0 Å². The Morgan fingerprint density at radius 1 is 1.15 bits per heavy atom. The Morgan fingerprint density at radius 2 is 1.89 bits per heavy atom. The lowest BCUT2D eigenvalue weighted by molar-refractivity contribution is 0.110. The summed E-state index contributed by atoms with van der Waals surface area (Å²) in [4.78, 5) is 4.68. The van der Waals surface area contributed by atoms with Crippen molar-refractivity contribution in [1.82, 2.24) is 30.0 Å². The molecule has 27 heavy (non-hydrogen) atoms. The van der Waals surface area contributed by atoms with Gasteiger partial charge in [0.05, 0.1) is 6.04 Å². The van der Waals surface area contributed by atoms with Crippen molar-refractivity contribution in [3.63, 3.8) is 0 Å². The molecule has 1 aliphatic heterocycles. The molecular formula is C20H27FN6. The zero-order chi connectivity index (χ0) is 18.6. The molecule has 1 atom stereocenters. The molecule has 0 N–H and O–H groups in total. The first-order valence-electron chi connectivity index (χ1n) is 9.87. The zero-order valence-electron chi connectivity index (χ0n) is 15.7. The fourth-order valence-corrected chi connectivity index (χ4v) is 4.37. The highest BCUT2D eigenvalue weighted by Gasteiger charge is 2.34. The quantitative estimate of drug-likeness (QED) is 0.732. The van der Waals surface area contributed by atoms with Gasteiger partial charge < -0.3 is 0 Å². The highest BCUT2D eigenvalue weighted by Crippen LogP contribution is 2.35. The summed E-state index contributed by atoms with van der Waals surface area (Å²) in [6, 6.07) is 7.09. The van der Waals surface area contributed by atoms with Crippen molar-refractivity contribution in [1.29, 1.82) is 0 Å². The molecule has 2 fully saturated rings. The second-order valence-electron chi connectivity index (χ2n) is 7.47. The average molecular weight is 370 g/mol. The first-order chi connectivity index (χ1) is 13.3. The Hall–Kier alpha value is -2.12. The summed E-state index contributed by atoms with van der Waals surface area (Å²) in [5, 5.41) is 12.6. The van der Waals surface area contributed by atoms with E-state index < -0.39 is 0 Å². The summed E-state index contributed by atoms with van der Waals surface area (Å²) in [6.45, 7) is 8.28. The number of hydrogen-bond acceptors (Lipinski definition) is 5. The number of halogens is 1. The van der Waals surface area contributed by atoms with Crippen LogP contribution in [0.3, 0.4) is 0 Å². The third kappa shape index (κ3) is 3.80. The van der Waals surface area contributed by atoms with E-state index in [1.165, 1.54) is 18.9 Å². The van der Waals surface area contributed by atoms with Crippen LogP contribution in [0, 0.1) is 5.82 Å². The highest BCUT2D eigenvalue weighted by molar-refractivity contribution is 5.27. The summed E-state index contributed by atoms with van der Waals surface area (Å²) in [5.41, 5.74) is 0.656. The van der Waals surface area contributed by atoms with E-state index >= 15 is 0 Å². The normalized spacial score (nSPS) is 20.8. The molecule has 7 heteroatoms. The van der Waals surface area contributed by atoms with E-state index in [9.17, 15) is 4.39 Å². The van der Waals surface area contributed by atoms with Gasteiger partial charge in [0.1, 0.15) is 11.9 Å². The van der Waals surface area contributed by atoms with Crippen molar-refractivity contribution in [2.24, 2.45) is 0 Å². The van der Waals surface area contributed by atoms with E-state index in [4.69, 9.17) is 0 Å². The summed E-state index contributed by atoms with van der Waals surface area (Å²) in [7, 11) is 0. The topological polar surface area (TPSA) is 50.1 Å². The first-order valence-corrected chi connectivity index (χ1v) is 9.87. The van der Waals surface area contributed by atoms with Crippen LogP contribution in [-0.4, -0.2) is 62.7 Å². The second-order valence-corrected chi connectivity index (χ2v) is 7.47. The predicted octanol–water partition coefficient (Wildman–Crippen LogP) is 2.82. The Labute approximate surface area is 159 Å². The van der Waals surface area contributed by atoms with Gasteiger partial charge in [-0.05, 0) is 29.3 Å². The van der Waals surface area contributed by atoms with Crippen LogP contribution in [0.25, 0.3) is 0 Å². The molecule has 0 spiro atoms. The molecule has 4 rings (SSSR count). The lowest BCUT2D eigenvalue weighted by Gasteiger charge is -2.38. The Balaban J connectivity index is 1.67. The number of rotatable bonds is 6. The van der Waals surface area contributed by atoms with Crippen LogP contribution in [0.5, 0.6) is 0 Å². The number of aromatic nitrogens is 4. The fraction of sp³-hybridized carbons (Fsp3) is 0.550. The minimum absolute atomic E-state index is 0.197. The van der Waals surface area contributed by atoms with Gasteiger partial charge in [-0.1, -0.05) is 37.1 Å². The number of hydrogen-bond donors (Lipinski definition) is 0. The molecule has 1 aromatic heterocycles. The van der Waals surface area contributed by atoms with Gasteiger partial charge in [0.25, 0.3) is 0 Å². The largest absolute Gasteiger partial charge is 0.297 e. The maximum atomic E-state index is 14.8. The van der Waals surface area contributed by atoms with E-state index in [0.717, 1.165) is 51.4 Å². The van der Waals surface area contributed by atoms with E-state index in [1.807, 2.05) is 22.9 Å². The van der Waals surface area contributed by atoms with Crippen LogP contribution in [0.1, 0.15) is 49.2 Å². The van der Waals surface area contributed by atoms with Gasteiger partial charge in [0, 0.05) is 38.3 Å². The number of tetrazole rings is 1. The standard InChI is InChI=1S/C20H27FN6/c1-2-11-25-12-14-26(15-13-25)19(17-9-5-6-10-18(17)21)20-22-23-24-27(20)16-7-3-4-8-16/h2,5-6,9-10,16,19H,1,3-4,7-8,11-15H2/t19-/m1/s1. The third-order valence-electron chi connectivity index (χ3n) is 5.79. The first kappa shape index (κ1) is 18.3. The number of nitrogens with zero attached hydrogens (tertiary/aromatic N) is 6. The van der Waals surface area contributed by atoms with Crippen molar-refractivity contribution >= 4 is 0 Å². The van der Waals surface area contributed by atoms with E-state index in [-0.39, 0.29) is 11.9 Å². The van der Waals surface area contributed by atoms with Crippen molar-refractivity contribution < 1.29 is 4.39 Å². The molecule has 1 aliphatic carbocycles. The van der Waals surface area contributed by atoms with Crippen LogP contribution in [0.4, 0.5) is 4.39 Å². The molecule has 0 amide bonds. The van der Waals surface area contributed by atoms with Gasteiger partial charge in [-0.3, -0.25) is 9.80 Å². The van der Waals surface area contributed by atoms with Gasteiger partial charge in [0.2, 0.25) is 0 Å². The maximum absolute atomic E-state index is 14.8. The minimum atomic E-state index is -0.257. The monoisotopic (exact) mass is 370 g/mol. The predicted molar refractivity (Wildman–Crippen MR) is 102 cm³/mol. The van der Waals surface area contributed by atoms with Gasteiger partial charge in [-0.15, -0.1) is 11.7 Å². The van der Waals surface area contributed by atoms with E-state index in [1.54, 1.807) is 6.07 Å². The molecule has 2 aromatic rings. The Bertz CT molecular complexity index is 761. The van der Waals surface area contributed by atoms with Gasteiger partial charge in [-0.2, -0.15) is 0 Å². The van der Waals surface area contributed by atoms with Crippen molar-refractivity contribution in [2.45, 2.75) is 37.8 Å². The molecule has 2 heterocycles. The lowest BCUT2D eigenvalue weighted by atomic mass is 10.0. The Kier molecular flexibility index (Phi) is 5.59. The fourth-order valence-electron chi connectivity index (χ4n) is 4.37. The molecular weight excluding hydrogens is 343 g/mol. The zero-order valence-corrected chi connectivity index (χ0v) is 15.7. The molecule has 6 nitrogen and oxygen atoms in total. The molecule has 2 aliphatic rings. The van der Waals surface area contributed by atoms with E-state index in [0.29, 0.717) is 11.6 Å². The molecule has 1 saturated carbocycles. The summed E-state index contributed by atoms with van der Waals surface area (Å²) < 4.78 is 16.7. The van der Waals surface area contributed by atoms with Crippen LogP contribution < -0.4 is 0 Å². The lowest BCUT2D eigenvalue weighted by Crippen LogP contribution is -2.48. The molecule has 0 radical (unpaired) electrons. The van der Waals surface area contributed by atoms with Gasteiger partial charge in [-0.25, -0.2) is 9.07 Å². The summed E-state index contributed by atoms with van der Waals surface area (Å²) >= 11 is 0. The summed E-state index contributed by atoms with van der Waals surface area (Å²) in [5.74, 6) is 0.571.